The summed E-state index contributed by atoms with van der Waals surface area (Å²) >= 11 is 1.66. The number of thiazole rings is 1. The zero-order valence-corrected chi connectivity index (χ0v) is 20.7. The van der Waals surface area contributed by atoms with Crippen LogP contribution in [0.4, 0.5) is 16.6 Å². The number of nitrogens with zero attached hydrogens (tertiary/aromatic N) is 4. The lowest BCUT2D eigenvalue weighted by Gasteiger charge is -2.42. The number of anilines is 3. The molecule has 0 spiro atoms. The number of aromatic nitrogens is 2. The van der Waals surface area contributed by atoms with E-state index in [0.29, 0.717) is 0 Å². The summed E-state index contributed by atoms with van der Waals surface area (Å²) in [6.07, 6.45) is 2.42. The fraction of sp³-hybridized carbons (Fsp3) is 0.714. The van der Waals surface area contributed by atoms with Gasteiger partial charge in [0.2, 0.25) is 0 Å². The third-order valence-corrected chi connectivity index (χ3v) is 12.2. The van der Waals surface area contributed by atoms with Crippen LogP contribution in [0.3, 0.4) is 0 Å². The van der Waals surface area contributed by atoms with Gasteiger partial charge in [0.25, 0.3) is 0 Å². The van der Waals surface area contributed by atoms with E-state index in [2.05, 4.69) is 43.7 Å². The zero-order chi connectivity index (χ0) is 21.5. The number of nitrogens with two attached hydrogens (primary N) is 1. The van der Waals surface area contributed by atoms with Gasteiger partial charge in [-0.1, -0.05) is 32.1 Å². The van der Waals surface area contributed by atoms with Crippen LogP contribution in [0.15, 0.2) is 6.07 Å². The maximum Gasteiger partial charge on any atom is 0.192 e. The van der Waals surface area contributed by atoms with Crippen LogP contribution in [-0.4, -0.2) is 63.8 Å². The minimum absolute atomic E-state index is 0.210. The molecular weight excluding hydrogens is 414 g/mol. The van der Waals surface area contributed by atoms with Crippen molar-refractivity contribution in [1.29, 1.82) is 0 Å². The van der Waals surface area contributed by atoms with Crippen molar-refractivity contribution >= 4 is 46.6 Å². The second-order valence-electron chi connectivity index (χ2n) is 9.91. The molecule has 0 bridgehead atoms. The lowest BCUT2D eigenvalue weighted by atomic mass is 10.1. The number of pyridine rings is 1. The van der Waals surface area contributed by atoms with Crippen molar-refractivity contribution in [2.24, 2.45) is 0 Å². The van der Waals surface area contributed by atoms with Crippen molar-refractivity contribution in [3.8, 4) is 0 Å². The maximum atomic E-state index is 6.70. The maximum absolute atomic E-state index is 6.70. The Labute approximate surface area is 184 Å². The molecule has 2 aliphatic rings. The van der Waals surface area contributed by atoms with Crippen LogP contribution in [0.2, 0.25) is 18.1 Å². The van der Waals surface area contributed by atoms with Gasteiger partial charge in [-0.2, -0.15) is 4.98 Å². The van der Waals surface area contributed by atoms with Crippen LogP contribution in [0.1, 0.15) is 33.6 Å². The first-order chi connectivity index (χ1) is 14.1. The molecule has 9 heteroatoms. The average Bonchev–Trinajstić information content (AvgIpc) is 3.10. The second kappa shape index (κ2) is 8.25. The molecule has 2 aliphatic heterocycles. The molecule has 2 saturated heterocycles. The fourth-order valence-corrected chi connectivity index (χ4v) is 6.21. The molecule has 0 aliphatic carbocycles. The smallest absolute Gasteiger partial charge is 0.192 e. The van der Waals surface area contributed by atoms with Gasteiger partial charge in [-0.05, 0) is 37.0 Å². The molecule has 1 atom stereocenters. The minimum Gasteiger partial charge on any atom is -0.412 e. The number of piperidine rings is 1. The van der Waals surface area contributed by atoms with Gasteiger partial charge in [-0.25, -0.2) is 4.98 Å². The Morgan fingerprint density at radius 3 is 2.60 bits per heavy atom. The summed E-state index contributed by atoms with van der Waals surface area (Å²) < 4.78 is 13.2. The number of hydrogen-bond acceptors (Lipinski definition) is 8. The summed E-state index contributed by atoms with van der Waals surface area (Å²) in [4.78, 5) is 14.3. The summed E-state index contributed by atoms with van der Waals surface area (Å²) in [5, 5.41) is 1.22. The highest BCUT2D eigenvalue weighted by Gasteiger charge is 2.40. The number of hydrogen-bond donors (Lipinski definition) is 1. The van der Waals surface area contributed by atoms with Crippen LogP contribution in [0, 0.1) is 0 Å². The van der Waals surface area contributed by atoms with Gasteiger partial charge in [0.1, 0.15) is 0 Å². The van der Waals surface area contributed by atoms with Gasteiger partial charge >= 0.3 is 0 Å². The van der Waals surface area contributed by atoms with Crippen molar-refractivity contribution in [2.75, 3.05) is 54.9 Å². The molecule has 0 saturated carbocycles. The topological polar surface area (TPSA) is 76.7 Å². The first kappa shape index (κ1) is 21.8. The van der Waals surface area contributed by atoms with E-state index in [1.54, 1.807) is 11.3 Å². The molecule has 4 heterocycles. The normalized spacial score (nSPS) is 21.4. The molecule has 2 N–H and O–H groups in total. The van der Waals surface area contributed by atoms with Crippen molar-refractivity contribution in [3.05, 3.63) is 6.07 Å². The SMILES string of the molecule is CC(C)(C)[Si](C)(C)OC1CCCN(c2nc3nc(N4CCOCC4)sc3cc2N)C1. The van der Waals surface area contributed by atoms with Crippen molar-refractivity contribution in [1.82, 2.24) is 9.97 Å². The summed E-state index contributed by atoms with van der Waals surface area (Å²) in [6.45, 7) is 16.6. The molecule has 0 aromatic carbocycles. The lowest BCUT2D eigenvalue weighted by molar-refractivity contribution is 0.122. The Morgan fingerprint density at radius 2 is 1.90 bits per heavy atom. The Balaban J connectivity index is 1.54. The Morgan fingerprint density at radius 1 is 1.17 bits per heavy atom. The van der Waals surface area contributed by atoms with E-state index in [0.717, 1.165) is 79.2 Å². The van der Waals surface area contributed by atoms with E-state index in [9.17, 15) is 0 Å². The van der Waals surface area contributed by atoms with Crippen molar-refractivity contribution in [3.63, 3.8) is 0 Å². The molecule has 7 nitrogen and oxygen atoms in total. The molecule has 2 fully saturated rings. The summed E-state index contributed by atoms with van der Waals surface area (Å²) in [7, 11) is -1.80. The third kappa shape index (κ3) is 4.44. The van der Waals surface area contributed by atoms with E-state index >= 15 is 0 Å². The molecule has 0 amide bonds. The van der Waals surface area contributed by atoms with Gasteiger partial charge in [0, 0.05) is 26.2 Å². The van der Waals surface area contributed by atoms with E-state index in [1.165, 1.54) is 0 Å². The number of rotatable bonds is 4. The number of ether oxygens (including phenoxy) is 1. The number of fused-ring (bicyclic) bond motifs is 1. The second-order valence-corrected chi connectivity index (χ2v) is 15.7. The Kier molecular flexibility index (Phi) is 6.00. The average molecular weight is 450 g/mol. The molecule has 2 aromatic rings. The van der Waals surface area contributed by atoms with Crippen LogP contribution >= 0.6 is 11.3 Å². The van der Waals surface area contributed by atoms with Gasteiger partial charge in [-0.15, -0.1) is 0 Å². The Hall–Kier alpha value is -1.42. The highest BCUT2D eigenvalue weighted by Crippen LogP contribution is 2.39. The molecule has 30 heavy (non-hydrogen) atoms. The summed E-state index contributed by atoms with van der Waals surface area (Å²) in [5.41, 5.74) is 7.98. The highest BCUT2D eigenvalue weighted by molar-refractivity contribution is 7.22. The quantitative estimate of drug-likeness (QED) is 0.704. The number of morpholine rings is 1. The van der Waals surface area contributed by atoms with Gasteiger partial charge in [0.05, 0.1) is 29.7 Å². The van der Waals surface area contributed by atoms with Gasteiger partial charge < -0.3 is 24.7 Å². The first-order valence-corrected chi connectivity index (χ1v) is 14.7. The molecule has 4 rings (SSSR count). The van der Waals surface area contributed by atoms with Crippen molar-refractivity contribution in [2.45, 2.75) is 57.8 Å². The molecular formula is C21H35N5O2SSi. The van der Waals surface area contributed by atoms with Gasteiger partial charge in [-0.3, -0.25) is 0 Å². The number of nitrogen functional groups attached to an aromatic ring is 1. The summed E-state index contributed by atoms with van der Waals surface area (Å²) in [5.74, 6) is 0.852. The molecule has 166 valence electrons. The largest absolute Gasteiger partial charge is 0.412 e. The predicted octanol–water partition coefficient (Wildman–Crippen LogP) is 4.10. The zero-order valence-electron chi connectivity index (χ0n) is 18.9. The van der Waals surface area contributed by atoms with Crippen LogP contribution < -0.4 is 15.5 Å². The summed E-state index contributed by atoms with van der Waals surface area (Å²) in [6, 6.07) is 2.04. The van der Waals surface area contributed by atoms with E-state index in [4.69, 9.17) is 24.9 Å². The van der Waals surface area contributed by atoms with E-state index in [1.807, 2.05) is 6.07 Å². The van der Waals surface area contributed by atoms with Gasteiger partial charge in [0.15, 0.2) is 24.9 Å². The van der Waals surface area contributed by atoms with Crippen molar-refractivity contribution < 1.29 is 9.16 Å². The monoisotopic (exact) mass is 449 g/mol. The van der Waals surface area contributed by atoms with Crippen LogP contribution in [0.5, 0.6) is 0 Å². The standard InChI is InChI=1S/C21H35N5O2SSi/c1-21(2,3)30(4,5)28-15-7-6-8-26(14-15)19-16(22)13-17-18(23-19)24-20(29-17)25-9-11-27-12-10-25/h13,15H,6-12,14,22H2,1-5H3. The predicted molar refractivity (Wildman–Crippen MR) is 128 cm³/mol. The first-order valence-electron chi connectivity index (χ1n) is 11.0. The Bertz CT molecular complexity index is 891. The minimum atomic E-state index is -1.80. The lowest BCUT2D eigenvalue weighted by Crippen LogP contribution is -2.49. The molecule has 1 unspecified atom stereocenters. The van der Waals surface area contributed by atoms with Crippen LogP contribution in [0.25, 0.3) is 10.3 Å². The third-order valence-electron chi connectivity index (χ3n) is 6.61. The van der Waals surface area contributed by atoms with E-state index in [-0.39, 0.29) is 11.1 Å². The highest BCUT2D eigenvalue weighted by atomic mass is 32.1. The molecule has 0 radical (unpaired) electrons. The van der Waals surface area contributed by atoms with Crippen LogP contribution in [-0.2, 0) is 9.16 Å². The van der Waals surface area contributed by atoms with E-state index < -0.39 is 8.32 Å². The fourth-order valence-electron chi connectivity index (χ4n) is 3.82. The molecule has 2 aromatic heterocycles.